The largest absolute Gasteiger partial charge is 0.352 e. The molecule has 2 fully saturated rings. The second kappa shape index (κ2) is 12.5. The highest BCUT2D eigenvalue weighted by molar-refractivity contribution is 6.32. The van der Waals surface area contributed by atoms with Crippen molar-refractivity contribution in [3.05, 3.63) is 107 Å². The molecule has 2 aliphatic rings. The fraction of sp³-hybridized carbons (Fsp3) is 0.235. The van der Waals surface area contributed by atoms with Crippen LogP contribution in [0.25, 0.3) is 11.1 Å². The lowest BCUT2D eigenvalue weighted by atomic mass is 9.74. The van der Waals surface area contributed by atoms with Crippen LogP contribution < -0.4 is 15.5 Å². The van der Waals surface area contributed by atoms with E-state index in [2.05, 4.69) is 20.6 Å². The van der Waals surface area contributed by atoms with Gasteiger partial charge in [-0.25, -0.2) is 18.2 Å². The molecule has 2 aromatic carbocycles. The molecule has 2 N–H and O–H groups in total. The molecule has 238 valence electrons. The monoisotopic (exact) mass is 658 g/mol. The SMILES string of the molecule is N#Cc1ccnc(N2C(=O)CCC2(C(=O)Nc2ccc(-c3ccncc3)c(F)c2)[C@@H](C(=O)NC2CC(F)(F)C2)c2ccccc2Cl)c1. The highest BCUT2D eigenvalue weighted by Gasteiger charge is 2.61. The molecule has 2 atom stereocenters. The number of hydrogen-bond acceptors (Lipinski definition) is 6. The molecule has 4 aromatic rings. The van der Waals surface area contributed by atoms with Gasteiger partial charge in [-0.3, -0.25) is 24.3 Å². The summed E-state index contributed by atoms with van der Waals surface area (Å²) in [7, 11) is 0. The Bertz CT molecular complexity index is 1910. The van der Waals surface area contributed by atoms with Crippen molar-refractivity contribution in [1.29, 1.82) is 5.26 Å². The van der Waals surface area contributed by atoms with Crippen LogP contribution in [0.4, 0.5) is 24.7 Å². The maximum atomic E-state index is 15.4. The molecule has 3 heterocycles. The van der Waals surface area contributed by atoms with E-state index in [1.165, 1.54) is 55.0 Å². The number of nitrogens with zero attached hydrogens (tertiary/aromatic N) is 4. The zero-order valence-electron chi connectivity index (χ0n) is 24.6. The molecule has 13 heteroatoms. The molecule has 1 aliphatic carbocycles. The van der Waals surface area contributed by atoms with Gasteiger partial charge in [-0.05, 0) is 66.1 Å². The molecule has 0 spiro atoms. The summed E-state index contributed by atoms with van der Waals surface area (Å²) in [4.78, 5) is 52.0. The van der Waals surface area contributed by atoms with Gasteiger partial charge in [0.25, 0.3) is 11.8 Å². The van der Waals surface area contributed by atoms with Gasteiger partial charge < -0.3 is 10.6 Å². The maximum absolute atomic E-state index is 15.4. The lowest BCUT2D eigenvalue weighted by molar-refractivity contribution is -0.136. The van der Waals surface area contributed by atoms with Crippen LogP contribution in [0.2, 0.25) is 5.02 Å². The van der Waals surface area contributed by atoms with E-state index in [1.54, 1.807) is 24.3 Å². The van der Waals surface area contributed by atoms with Gasteiger partial charge in [0.05, 0.1) is 17.6 Å². The molecule has 6 rings (SSSR count). The first-order valence-electron chi connectivity index (χ1n) is 14.7. The maximum Gasteiger partial charge on any atom is 0.252 e. The first-order chi connectivity index (χ1) is 22.5. The number of nitrogens with one attached hydrogen (secondary N) is 2. The van der Waals surface area contributed by atoms with Gasteiger partial charge in [0.2, 0.25) is 11.8 Å². The molecule has 1 unspecified atom stereocenters. The number of rotatable bonds is 8. The third kappa shape index (κ3) is 6.02. The van der Waals surface area contributed by atoms with Crippen LogP contribution in [0.5, 0.6) is 0 Å². The van der Waals surface area contributed by atoms with Gasteiger partial charge in [-0.15, -0.1) is 0 Å². The molecular weight excluding hydrogens is 633 g/mol. The van der Waals surface area contributed by atoms with Crippen LogP contribution in [0.3, 0.4) is 0 Å². The number of benzene rings is 2. The first kappa shape index (κ1) is 31.7. The number of carbonyl (C=O) groups excluding carboxylic acids is 3. The van der Waals surface area contributed by atoms with E-state index in [-0.39, 0.29) is 46.1 Å². The van der Waals surface area contributed by atoms with Crippen LogP contribution in [0.1, 0.15) is 42.7 Å². The summed E-state index contributed by atoms with van der Waals surface area (Å²) in [6.45, 7) is 0. The van der Waals surface area contributed by atoms with E-state index in [4.69, 9.17) is 11.6 Å². The molecule has 1 saturated carbocycles. The summed E-state index contributed by atoms with van der Waals surface area (Å²) in [6, 6.07) is 17.3. The van der Waals surface area contributed by atoms with Crippen LogP contribution in [0.15, 0.2) is 85.3 Å². The fourth-order valence-corrected chi connectivity index (χ4v) is 6.52. The molecule has 0 radical (unpaired) electrons. The van der Waals surface area contributed by atoms with Crippen molar-refractivity contribution < 1.29 is 27.6 Å². The molecule has 2 aromatic heterocycles. The Labute approximate surface area is 272 Å². The Hall–Kier alpha value is -5.28. The summed E-state index contributed by atoms with van der Waals surface area (Å²) in [5.41, 5.74) is -0.961. The van der Waals surface area contributed by atoms with Crippen molar-refractivity contribution in [1.82, 2.24) is 15.3 Å². The van der Waals surface area contributed by atoms with E-state index in [0.717, 1.165) is 11.0 Å². The van der Waals surface area contributed by atoms with Crippen molar-refractivity contribution in [2.45, 2.75) is 49.1 Å². The molecule has 1 aliphatic heterocycles. The minimum atomic E-state index is -2.95. The van der Waals surface area contributed by atoms with Crippen LogP contribution >= 0.6 is 11.6 Å². The zero-order chi connectivity index (χ0) is 33.3. The van der Waals surface area contributed by atoms with Gasteiger partial charge in [-0.2, -0.15) is 5.26 Å². The van der Waals surface area contributed by atoms with E-state index in [9.17, 15) is 28.4 Å². The average Bonchev–Trinajstić information content (AvgIpc) is 3.39. The Kier molecular flexibility index (Phi) is 8.42. The predicted octanol–water partition coefficient (Wildman–Crippen LogP) is 6.01. The van der Waals surface area contributed by atoms with Crippen LogP contribution in [0, 0.1) is 17.1 Å². The summed E-state index contributed by atoms with van der Waals surface area (Å²) >= 11 is 6.62. The van der Waals surface area contributed by atoms with E-state index in [1.807, 2.05) is 6.07 Å². The molecule has 1 saturated heterocycles. The Morgan fingerprint density at radius 1 is 1.04 bits per heavy atom. The topological polar surface area (TPSA) is 128 Å². The van der Waals surface area contributed by atoms with Crippen molar-refractivity contribution in [3.63, 3.8) is 0 Å². The highest BCUT2D eigenvalue weighted by Crippen LogP contribution is 2.48. The number of aromatic nitrogens is 2. The van der Waals surface area contributed by atoms with Gasteiger partial charge >= 0.3 is 0 Å². The predicted molar refractivity (Wildman–Crippen MR) is 167 cm³/mol. The van der Waals surface area contributed by atoms with Crippen molar-refractivity contribution in [2.75, 3.05) is 10.2 Å². The second-order valence-corrected chi connectivity index (χ2v) is 11.9. The van der Waals surface area contributed by atoms with Crippen LogP contribution in [-0.2, 0) is 14.4 Å². The number of pyridine rings is 2. The van der Waals surface area contributed by atoms with Crippen molar-refractivity contribution in [2.24, 2.45) is 0 Å². The lowest BCUT2D eigenvalue weighted by Crippen LogP contribution is -2.63. The number of hydrogen-bond donors (Lipinski definition) is 2. The normalized spacial score (nSPS) is 19.4. The zero-order valence-corrected chi connectivity index (χ0v) is 25.3. The number of nitriles is 1. The number of carbonyl (C=O) groups is 3. The molecule has 0 bridgehead atoms. The summed E-state index contributed by atoms with van der Waals surface area (Å²) in [5.74, 6) is -7.49. The quantitative estimate of drug-likeness (QED) is 0.239. The fourth-order valence-electron chi connectivity index (χ4n) is 6.28. The second-order valence-electron chi connectivity index (χ2n) is 11.5. The van der Waals surface area contributed by atoms with Crippen LogP contribution in [-0.4, -0.2) is 45.2 Å². The summed E-state index contributed by atoms with van der Waals surface area (Å²) in [5, 5.41) is 15.0. The molecule has 9 nitrogen and oxygen atoms in total. The number of alkyl halides is 2. The smallest absolute Gasteiger partial charge is 0.252 e. The van der Waals surface area contributed by atoms with Gasteiger partial charge in [0, 0.05) is 60.2 Å². The van der Waals surface area contributed by atoms with Crippen molar-refractivity contribution in [3.8, 4) is 17.2 Å². The first-order valence-corrected chi connectivity index (χ1v) is 15.0. The van der Waals surface area contributed by atoms with E-state index >= 15 is 4.39 Å². The van der Waals surface area contributed by atoms with Gasteiger partial charge in [0.1, 0.15) is 17.2 Å². The minimum absolute atomic E-state index is 0.0275. The third-order valence-electron chi connectivity index (χ3n) is 8.48. The molecule has 47 heavy (non-hydrogen) atoms. The summed E-state index contributed by atoms with van der Waals surface area (Å²) < 4.78 is 43.0. The Morgan fingerprint density at radius 3 is 2.47 bits per heavy atom. The lowest BCUT2D eigenvalue weighted by Gasteiger charge is -2.43. The van der Waals surface area contributed by atoms with Gasteiger partial charge in [0.15, 0.2) is 0 Å². The van der Waals surface area contributed by atoms with Gasteiger partial charge in [-0.1, -0.05) is 29.8 Å². The number of amides is 3. The van der Waals surface area contributed by atoms with E-state index in [0.29, 0.717) is 5.56 Å². The van der Waals surface area contributed by atoms with Crippen molar-refractivity contribution >= 4 is 40.8 Å². The number of halogens is 4. The average molecular weight is 659 g/mol. The standard InChI is InChI=1S/C34H26ClF3N6O3/c35-26-4-2-1-3-25(26)30(31(46)42-23-17-33(37,38)18-23)34(11-7-29(45)44(34)28-15-20(19-39)8-14-41-28)32(47)43-22-5-6-24(27(36)16-22)21-9-12-40-13-10-21/h1-6,8-10,12-16,23,30H,7,11,17-18H2,(H,42,46)(H,43,47)/t30-,34?/m1/s1. The number of anilines is 2. The Morgan fingerprint density at radius 2 is 1.79 bits per heavy atom. The Balaban J connectivity index is 1.48. The molecular formula is C34H26ClF3N6O3. The highest BCUT2D eigenvalue weighted by atomic mass is 35.5. The minimum Gasteiger partial charge on any atom is -0.352 e. The summed E-state index contributed by atoms with van der Waals surface area (Å²) in [6.07, 6.45) is 2.69. The third-order valence-corrected chi connectivity index (χ3v) is 8.82. The van der Waals surface area contributed by atoms with E-state index < -0.39 is 59.8 Å². The molecule has 3 amide bonds.